The Hall–Kier alpha value is -4.56. The molecule has 0 fully saturated rings. The van der Waals surface area contributed by atoms with E-state index in [1.807, 2.05) is 0 Å². The summed E-state index contributed by atoms with van der Waals surface area (Å²) in [5, 5.41) is 4.07. The van der Waals surface area contributed by atoms with Gasteiger partial charge in [-0.3, -0.25) is 0 Å². The molecule has 0 radical (unpaired) electrons. The molecular formula is C40H38N2. The molecule has 0 saturated heterocycles. The molecular weight excluding hydrogens is 508 g/mol. The van der Waals surface area contributed by atoms with Gasteiger partial charge in [-0.05, 0) is 90.1 Å². The lowest BCUT2D eigenvalue weighted by molar-refractivity contribution is 0.690. The fourth-order valence-electron chi connectivity index (χ4n) is 6.84. The van der Waals surface area contributed by atoms with Crippen molar-refractivity contribution >= 4 is 34.4 Å². The first-order chi connectivity index (χ1) is 20.7. The molecule has 4 aromatic carbocycles. The van der Waals surface area contributed by atoms with Crippen LogP contribution in [-0.2, 0) is 6.42 Å². The Balaban J connectivity index is 1.58. The number of nitrogens with zero attached hydrogens (tertiary/aromatic N) is 1. The Morgan fingerprint density at radius 3 is 2.07 bits per heavy atom. The summed E-state index contributed by atoms with van der Waals surface area (Å²) in [7, 11) is 0. The molecule has 3 aliphatic carbocycles. The maximum Gasteiger partial charge on any atom is 0.0579 e. The average Bonchev–Trinajstić information content (AvgIpc) is 3.05. The Morgan fingerprint density at radius 1 is 0.738 bits per heavy atom. The minimum atomic E-state index is 0.358. The van der Waals surface area contributed by atoms with E-state index < -0.39 is 0 Å². The highest BCUT2D eigenvalue weighted by molar-refractivity contribution is 5.99. The molecule has 0 aliphatic heterocycles. The third kappa shape index (κ3) is 4.71. The number of para-hydroxylation sites is 2. The van der Waals surface area contributed by atoms with Crippen LogP contribution < -0.4 is 10.2 Å². The molecule has 2 heteroatoms. The minimum Gasteiger partial charge on any atom is -0.358 e. The van der Waals surface area contributed by atoms with Gasteiger partial charge in [-0.2, -0.15) is 0 Å². The molecule has 0 saturated carbocycles. The predicted molar refractivity (Wildman–Crippen MR) is 180 cm³/mol. The first-order valence-electron chi connectivity index (χ1n) is 15.4. The molecule has 2 nitrogen and oxygen atoms in total. The lowest BCUT2D eigenvalue weighted by Gasteiger charge is -2.38. The topological polar surface area (TPSA) is 15.3 Å². The Kier molecular flexibility index (Phi) is 7.13. The number of fused-ring (bicyclic) bond motifs is 2. The van der Waals surface area contributed by atoms with Crippen LogP contribution in [0.25, 0.3) is 11.6 Å². The van der Waals surface area contributed by atoms with Gasteiger partial charge in [-0.15, -0.1) is 0 Å². The lowest BCUT2D eigenvalue weighted by atomic mass is 9.75. The molecule has 42 heavy (non-hydrogen) atoms. The van der Waals surface area contributed by atoms with E-state index in [9.17, 15) is 0 Å². The molecule has 0 bridgehead atoms. The molecule has 0 aromatic heterocycles. The van der Waals surface area contributed by atoms with Gasteiger partial charge in [-0.1, -0.05) is 111 Å². The fourth-order valence-corrected chi connectivity index (χ4v) is 6.84. The van der Waals surface area contributed by atoms with Gasteiger partial charge < -0.3 is 10.2 Å². The highest BCUT2D eigenvalue weighted by atomic mass is 15.1. The summed E-state index contributed by atoms with van der Waals surface area (Å²) in [6, 6.07) is 32.8. The number of allylic oxidation sites excluding steroid dienone is 6. The van der Waals surface area contributed by atoms with Crippen molar-refractivity contribution in [3.63, 3.8) is 0 Å². The summed E-state index contributed by atoms with van der Waals surface area (Å²) in [6.45, 7) is 4.74. The summed E-state index contributed by atoms with van der Waals surface area (Å²) < 4.78 is 0. The normalized spacial score (nSPS) is 18.9. The van der Waals surface area contributed by atoms with Crippen molar-refractivity contribution in [1.82, 2.24) is 0 Å². The van der Waals surface area contributed by atoms with E-state index in [0.717, 1.165) is 25.7 Å². The van der Waals surface area contributed by atoms with Crippen LogP contribution in [-0.4, -0.2) is 0 Å². The van der Waals surface area contributed by atoms with Gasteiger partial charge >= 0.3 is 0 Å². The molecule has 0 heterocycles. The number of nitrogens with one attached hydrogen (secondary N) is 1. The molecule has 2 atom stereocenters. The molecule has 3 aliphatic rings. The zero-order chi connectivity index (χ0) is 28.5. The lowest BCUT2D eigenvalue weighted by Crippen LogP contribution is -2.22. The van der Waals surface area contributed by atoms with Crippen LogP contribution in [0.4, 0.5) is 22.7 Å². The fraction of sp³-hybridized carbons (Fsp3) is 0.200. The number of hydrogen-bond acceptors (Lipinski definition) is 2. The van der Waals surface area contributed by atoms with Gasteiger partial charge in [0.1, 0.15) is 0 Å². The Bertz CT molecular complexity index is 1670. The Morgan fingerprint density at radius 2 is 1.40 bits per heavy atom. The second-order valence-electron chi connectivity index (χ2n) is 11.8. The van der Waals surface area contributed by atoms with E-state index in [1.165, 1.54) is 61.8 Å². The van der Waals surface area contributed by atoms with E-state index in [-0.39, 0.29) is 0 Å². The smallest absolute Gasteiger partial charge is 0.0579 e. The van der Waals surface area contributed by atoms with E-state index >= 15 is 0 Å². The molecule has 0 spiro atoms. The molecule has 7 rings (SSSR count). The summed E-state index contributed by atoms with van der Waals surface area (Å²) in [4.78, 5) is 2.51. The number of rotatable bonds is 6. The van der Waals surface area contributed by atoms with Gasteiger partial charge in [0.25, 0.3) is 0 Å². The van der Waals surface area contributed by atoms with Gasteiger partial charge in [0.15, 0.2) is 0 Å². The van der Waals surface area contributed by atoms with Crippen LogP contribution in [0, 0.1) is 5.92 Å². The third-order valence-electron chi connectivity index (χ3n) is 8.98. The average molecular weight is 547 g/mol. The zero-order valence-corrected chi connectivity index (χ0v) is 24.6. The van der Waals surface area contributed by atoms with Crippen molar-refractivity contribution in [2.75, 3.05) is 10.2 Å². The van der Waals surface area contributed by atoms with Gasteiger partial charge in [0.2, 0.25) is 0 Å². The van der Waals surface area contributed by atoms with Crippen LogP contribution in [0.2, 0.25) is 0 Å². The molecule has 4 aromatic rings. The largest absolute Gasteiger partial charge is 0.358 e. The molecule has 0 amide bonds. The number of benzene rings is 4. The van der Waals surface area contributed by atoms with Crippen LogP contribution >= 0.6 is 0 Å². The predicted octanol–water partition coefficient (Wildman–Crippen LogP) is 10.9. The van der Waals surface area contributed by atoms with Crippen LogP contribution in [0.15, 0.2) is 127 Å². The first kappa shape index (κ1) is 26.3. The number of anilines is 4. The third-order valence-corrected chi connectivity index (χ3v) is 8.98. The van der Waals surface area contributed by atoms with Crippen molar-refractivity contribution in [3.05, 3.63) is 155 Å². The summed E-state index contributed by atoms with van der Waals surface area (Å²) in [5.74, 6) is 0.812. The van der Waals surface area contributed by atoms with Gasteiger partial charge in [0, 0.05) is 28.2 Å². The van der Waals surface area contributed by atoms with Crippen LogP contribution in [0.5, 0.6) is 0 Å². The standard InChI is InChI=1S/C40H38N2/c1-28-16-12-15-25-36(28)41-39-34-23-13-14-24-35(34)40(42(31-19-8-4-9-20-31)32-21-10-5-11-22-32)37-29(2)26-27-33(38(37)39)30-17-6-3-7-18-30/h3-12,14-15,17-22,24-25,27-29,41H,13,16,23,26H2,1-2H3. The summed E-state index contributed by atoms with van der Waals surface area (Å²) in [5.41, 5.74) is 14.5. The second kappa shape index (κ2) is 11.4. The molecule has 2 unspecified atom stereocenters. The van der Waals surface area contributed by atoms with Crippen LogP contribution in [0.3, 0.4) is 0 Å². The zero-order valence-electron chi connectivity index (χ0n) is 24.6. The molecule has 1 N–H and O–H groups in total. The van der Waals surface area contributed by atoms with Crippen LogP contribution in [0.1, 0.15) is 66.8 Å². The SMILES string of the molecule is CC1CC=CC=C1Nc1c2c(c(N(c3ccccc3)c3ccccc3)c3c1C(c1ccccc1)=CCC3C)C=CCC2. The van der Waals surface area contributed by atoms with Crippen molar-refractivity contribution in [2.45, 2.75) is 45.4 Å². The van der Waals surface area contributed by atoms with E-state index in [4.69, 9.17) is 0 Å². The number of hydrogen-bond donors (Lipinski definition) is 1. The Labute approximate surface area is 250 Å². The highest BCUT2D eigenvalue weighted by Crippen LogP contribution is 2.54. The summed E-state index contributed by atoms with van der Waals surface area (Å²) in [6.07, 6.45) is 18.1. The highest BCUT2D eigenvalue weighted by Gasteiger charge is 2.34. The van der Waals surface area contributed by atoms with Gasteiger partial charge in [0.05, 0.1) is 11.4 Å². The van der Waals surface area contributed by atoms with E-state index in [1.54, 1.807) is 0 Å². The van der Waals surface area contributed by atoms with E-state index in [0.29, 0.717) is 11.8 Å². The maximum absolute atomic E-state index is 4.07. The second-order valence-corrected chi connectivity index (χ2v) is 11.8. The molecule has 208 valence electrons. The van der Waals surface area contributed by atoms with Crippen molar-refractivity contribution < 1.29 is 0 Å². The summed E-state index contributed by atoms with van der Waals surface area (Å²) >= 11 is 0. The van der Waals surface area contributed by atoms with Crippen molar-refractivity contribution in [2.24, 2.45) is 5.92 Å². The minimum absolute atomic E-state index is 0.358. The quantitative estimate of drug-likeness (QED) is 0.242. The maximum atomic E-state index is 4.07. The monoisotopic (exact) mass is 546 g/mol. The van der Waals surface area contributed by atoms with Crippen molar-refractivity contribution in [1.29, 1.82) is 0 Å². The van der Waals surface area contributed by atoms with Crippen molar-refractivity contribution in [3.8, 4) is 0 Å². The van der Waals surface area contributed by atoms with E-state index in [2.05, 4.69) is 152 Å². The van der Waals surface area contributed by atoms with Gasteiger partial charge in [-0.25, -0.2) is 0 Å². The first-order valence-corrected chi connectivity index (χ1v) is 15.4.